The summed E-state index contributed by atoms with van der Waals surface area (Å²) < 4.78 is 0. The lowest BCUT2D eigenvalue weighted by atomic mass is 10.3. The SMILES string of the molecule is C[C@H](Nc1nc(Cl)nc(N[C@@H](C)C(N)=O)n1)C(N)=O. The molecule has 0 bridgehead atoms. The van der Waals surface area contributed by atoms with Gasteiger partial charge in [0.25, 0.3) is 0 Å². The van der Waals surface area contributed by atoms with E-state index < -0.39 is 23.9 Å². The standard InChI is InChI=1S/C9H14ClN7O2/c1-3(5(11)18)13-8-15-7(10)16-9(17-8)14-4(2)6(12)19/h3-4H,1-2H3,(H2,11,18)(H2,12,19)(H2,13,14,15,16,17)/t3-,4-/m0/s1. The summed E-state index contributed by atoms with van der Waals surface area (Å²) >= 11 is 5.70. The van der Waals surface area contributed by atoms with Gasteiger partial charge >= 0.3 is 0 Å². The van der Waals surface area contributed by atoms with Crippen LogP contribution >= 0.6 is 11.6 Å². The maximum absolute atomic E-state index is 10.9. The van der Waals surface area contributed by atoms with E-state index in [1.54, 1.807) is 13.8 Å². The molecule has 0 spiro atoms. The summed E-state index contributed by atoms with van der Waals surface area (Å²) in [6.07, 6.45) is 0. The van der Waals surface area contributed by atoms with Crippen LogP contribution in [0, 0.1) is 0 Å². The van der Waals surface area contributed by atoms with E-state index in [0.29, 0.717) is 0 Å². The van der Waals surface area contributed by atoms with E-state index >= 15 is 0 Å². The Hall–Kier alpha value is -2.16. The monoisotopic (exact) mass is 287 g/mol. The predicted octanol–water partition coefficient (Wildman–Crippen LogP) is -0.904. The van der Waals surface area contributed by atoms with Crippen molar-refractivity contribution in [1.29, 1.82) is 0 Å². The maximum Gasteiger partial charge on any atom is 0.239 e. The van der Waals surface area contributed by atoms with Crippen molar-refractivity contribution < 1.29 is 9.59 Å². The van der Waals surface area contributed by atoms with Crippen LogP contribution in [0.25, 0.3) is 0 Å². The Bertz CT molecular complexity index is 455. The minimum Gasteiger partial charge on any atom is -0.368 e. The van der Waals surface area contributed by atoms with Gasteiger partial charge in [0.15, 0.2) is 0 Å². The smallest absolute Gasteiger partial charge is 0.239 e. The van der Waals surface area contributed by atoms with Crippen LogP contribution in [-0.2, 0) is 9.59 Å². The largest absolute Gasteiger partial charge is 0.368 e. The molecule has 9 nitrogen and oxygen atoms in total. The highest BCUT2D eigenvalue weighted by Gasteiger charge is 2.14. The predicted molar refractivity (Wildman–Crippen MR) is 69.4 cm³/mol. The van der Waals surface area contributed by atoms with E-state index in [-0.39, 0.29) is 17.2 Å². The first-order chi connectivity index (χ1) is 8.79. The minimum absolute atomic E-state index is 0.0606. The number of nitrogens with two attached hydrogens (primary N) is 2. The van der Waals surface area contributed by atoms with Gasteiger partial charge < -0.3 is 22.1 Å². The van der Waals surface area contributed by atoms with Crippen molar-refractivity contribution in [2.24, 2.45) is 11.5 Å². The normalized spacial score (nSPS) is 13.4. The molecule has 1 aromatic rings. The summed E-state index contributed by atoms with van der Waals surface area (Å²) in [6.45, 7) is 3.08. The van der Waals surface area contributed by atoms with Crippen LogP contribution in [0.2, 0.25) is 5.28 Å². The van der Waals surface area contributed by atoms with Gasteiger partial charge in [-0.25, -0.2) is 0 Å². The van der Waals surface area contributed by atoms with Gasteiger partial charge in [-0.15, -0.1) is 0 Å². The fraction of sp³-hybridized carbons (Fsp3) is 0.444. The van der Waals surface area contributed by atoms with Crippen molar-refractivity contribution in [1.82, 2.24) is 15.0 Å². The summed E-state index contributed by atoms with van der Waals surface area (Å²) in [7, 11) is 0. The van der Waals surface area contributed by atoms with Crippen molar-refractivity contribution in [2.45, 2.75) is 25.9 Å². The van der Waals surface area contributed by atoms with Crippen molar-refractivity contribution in [3.63, 3.8) is 0 Å². The van der Waals surface area contributed by atoms with E-state index in [1.807, 2.05) is 0 Å². The Balaban J connectivity index is 2.88. The average molecular weight is 288 g/mol. The molecule has 0 saturated carbocycles. The van der Waals surface area contributed by atoms with Crippen molar-refractivity contribution in [3.8, 4) is 0 Å². The van der Waals surface area contributed by atoms with Crippen LogP contribution in [-0.4, -0.2) is 38.8 Å². The van der Waals surface area contributed by atoms with Crippen molar-refractivity contribution >= 4 is 35.3 Å². The molecule has 104 valence electrons. The third-order valence-corrected chi connectivity index (χ3v) is 2.32. The molecule has 0 saturated heterocycles. The van der Waals surface area contributed by atoms with E-state index in [1.165, 1.54) is 0 Å². The van der Waals surface area contributed by atoms with Crippen LogP contribution in [0.4, 0.5) is 11.9 Å². The molecule has 0 aliphatic rings. The molecular weight excluding hydrogens is 274 g/mol. The molecule has 0 unspecified atom stereocenters. The Morgan fingerprint density at radius 1 is 1.00 bits per heavy atom. The molecule has 6 N–H and O–H groups in total. The Kier molecular flexibility index (Phi) is 4.81. The Morgan fingerprint density at radius 3 is 1.68 bits per heavy atom. The molecule has 0 fully saturated rings. The van der Waals surface area contributed by atoms with Gasteiger partial charge in [-0.2, -0.15) is 15.0 Å². The number of nitrogens with zero attached hydrogens (tertiary/aromatic N) is 3. The summed E-state index contributed by atoms with van der Waals surface area (Å²) in [5.74, 6) is -1.02. The lowest BCUT2D eigenvalue weighted by Crippen LogP contribution is -2.34. The van der Waals surface area contributed by atoms with Crippen molar-refractivity contribution in [2.75, 3.05) is 10.6 Å². The molecule has 2 amide bonds. The van der Waals surface area contributed by atoms with Gasteiger partial charge in [-0.05, 0) is 25.4 Å². The topological polar surface area (TPSA) is 149 Å². The number of amides is 2. The fourth-order valence-electron chi connectivity index (χ4n) is 1.01. The third kappa shape index (κ3) is 4.54. The number of primary amides is 2. The van der Waals surface area contributed by atoms with Crippen LogP contribution in [0.1, 0.15) is 13.8 Å². The van der Waals surface area contributed by atoms with Crippen LogP contribution in [0.15, 0.2) is 0 Å². The molecule has 0 aromatic carbocycles. The highest BCUT2D eigenvalue weighted by atomic mass is 35.5. The zero-order valence-electron chi connectivity index (χ0n) is 10.3. The molecule has 1 rings (SSSR count). The first kappa shape index (κ1) is 14.9. The number of anilines is 2. The van der Waals surface area contributed by atoms with E-state index in [9.17, 15) is 9.59 Å². The van der Waals surface area contributed by atoms with Gasteiger partial charge in [-0.3, -0.25) is 9.59 Å². The van der Waals surface area contributed by atoms with Crippen LogP contribution in [0.5, 0.6) is 0 Å². The molecule has 10 heteroatoms. The van der Waals surface area contributed by atoms with Gasteiger partial charge in [0.05, 0.1) is 0 Å². The first-order valence-electron chi connectivity index (χ1n) is 5.33. The number of aromatic nitrogens is 3. The lowest BCUT2D eigenvalue weighted by Gasteiger charge is -2.13. The fourth-order valence-corrected chi connectivity index (χ4v) is 1.17. The molecular formula is C9H14ClN7O2. The molecule has 0 aliphatic carbocycles. The quantitative estimate of drug-likeness (QED) is 0.529. The van der Waals surface area contributed by atoms with Gasteiger partial charge in [0.2, 0.25) is 29.0 Å². The summed E-state index contributed by atoms with van der Waals surface area (Å²) in [5.41, 5.74) is 10.2. The minimum atomic E-state index is -0.681. The Labute approximate surface area is 114 Å². The zero-order valence-corrected chi connectivity index (χ0v) is 11.1. The molecule has 19 heavy (non-hydrogen) atoms. The third-order valence-electron chi connectivity index (χ3n) is 2.15. The molecule has 2 atom stereocenters. The maximum atomic E-state index is 10.9. The van der Waals surface area contributed by atoms with Gasteiger partial charge in [-0.1, -0.05) is 0 Å². The highest BCUT2D eigenvalue weighted by molar-refractivity contribution is 6.28. The van der Waals surface area contributed by atoms with E-state index in [4.69, 9.17) is 23.1 Å². The first-order valence-corrected chi connectivity index (χ1v) is 5.70. The van der Waals surface area contributed by atoms with Crippen LogP contribution in [0.3, 0.4) is 0 Å². The summed E-state index contributed by atoms with van der Waals surface area (Å²) in [5, 5.41) is 5.19. The number of rotatable bonds is 6. The van der Waals surface area contributed by atoms with Crippen LogP contribution < -0.4 is 22.1 Å². The Morgan fingerprint density at radius 2 is 1.37 bits per heavy atom. The number of halogens is 1. The van der Waals surface area contributed by atoms with E-state index in [2.05, 4.69) is 25.6 Å². The summed E-state index contributed by atoms with van der Waals surface area (Å²) in [6, 6.07) is -1.36. The number of carbonyl (C=O) groups excluding carboxylic acids is 2. The van der Waals surface area contributed by atoms with Gasteiger partial charge in [0.1, 0.15) is 12.1 Å². The molecule has 0 aliphatic heterocycles. The second kappa shape index (κ2) is 6.14. The van der Waals surface area contributed by atoms with Crippen molar-refractivity contribution in [3.05, 3.63) is 5.28 Å². The number of carbonyl (C=O) groups is 2. The second-order valence-corrected chi connectivity index (χ2v) is 4.13. The number of hydrogen-bond donors (Lipinski definition) is 4. The molecule has 1 heterocycles. The van der Waals surface area contributed by atoms with Gasteiger partial charge in [0, 0.05) is 0 Å². The number of hydrogen-bond acceptors (Lipinski definition) is 7. The summed E-state index contributed by atoms with van der Waals surface area (Å²) in [4.78, 5) is 33.3. The lowest BCUT2D eigenvalue weighted by molar-refractivity contribution is -0.119. The highest BCUT2D eigenvalue weighted by Crippen LogP contribution is 2.11. The molecule has 1 aromatic heterocycles. The number of nitrogens with one attached hydrogen (secondary N) is 2. The molecule has 0 radical (unpaired) electrons. The average Bonchev–Trinajstić information content (AvgIpc) is 2.27. The second-order valence-electron chi connectivity index (χ2n) is 3.79. The van der Waals surface area contributed by atoms with E-state index in [0.717, 1.165) is 0 Å². The zero-order chi connectivity index (χ0) is 14.6.